The summed E-state index contributed by atoms with van der Waals surface area (Å²) in [6.07, 6.45) is 0. The van der Waals surface area contributed by atoms with Gasteiger partial charge in [-0.3, -0.25) is 0 Å². The van der Waals surface area contributed by atoms with E-state index in [9.17, 15) is 0 Å². The van der Waals surface area contributed by atoms with E-state index in [4.69, 9.17) is 10.6 Å². The lowest BCUT2D eigenvalue weighted by atomic mass is 10.1. The highest BCUT2D eigenvalue weighted by atomic mass is 16.3. The third-order valence-corrected chi connectivity index (χ3v) is 3.22. The van der Waals surface area contributed by atoms with Gasteiger partial charge in [-0.15, -0.1) is 0 Å². The molecule has 6 nitrogen and oxygen atoms in total. The SMILES string of the molecule is CN1CCN(c2ccc(CO)cc2N=[N+]=[N-])CC1. The van der Waals surface area contributed by atoms with E-state index in [-0.39, 0.29) is 6.61 Å². The molecule has 0 bridgehead atoms. The molecule has 1 saturated heterocycles. The highest BCUT2D eigenvalue weighted by molar-refractivity contribution is 5.68. The van der Waals surface area contributed by atoms with E-state index in [0.717, 1.165) is 37.4 Å². The van der Waals surface area contributed by atoms with E-state index in [1.165, 1.54) is 0 Å². The molecule has 2 rings (SSSR count). The molecular weight excluding hydrogens is 230 g/mol. The Morgan fingerprint density at radius 1 is 1.33 bits per heavy atom. The van der Waals surface area contributed by atoms with Crippen LogP contribution in [0.25, 0.3) is 10.4 Å². The lowest BCUT2D eigenvalue weighted by molar-refractivity contribution is 0.282. The van der Waals surface area contributed by atoms with E-state index < -0.39 is 0 Å². The smallest absolute Gasteiger partial charge is 0.0682 e. The molecule has 0 aliphatic carbocycles. The standard InChI is InChI=1S/C12H17N5O/c1-16-4-6-17(7-5-16)12-3-2-10(9-18)8-11(12)14-15-13/h2-3,8,18H,4-7,9H2,1H3. The van der Waals surface area contributed by atoms with E-state index in [0.29, 0.717) is 5.69 Å². The van der Waals surface area contributed by atoms with Gasteiger partial charge in [0, 0.05) is 36.8 Å². The molecular formula is C12H17N5O. The first-order valence-electron chi connectivity index (χ1n) is 5.97. The fraction of sp³-hybridized carbons (Fsp3) is 0.500. The second kappa shape index (κ2) is 5.73. The van der Waals surface area contributed by atoms with Crippen LogP contribution in [-0.2, 0) is 6.61 Å². The minimum Gasteiger partial charge on any atom is -0.392 e. The molecule has 96 valence electrons. The van der Waals surface area contributed by atoms with Gasteiger partial charge in [-0.25, -0.2) is 0 Å². The molecule has 0 saturated carbocycles. The highest BCUT2D eigenvalue weighted by Crippen LogP contribution is 2.30. The molecule has 1 aromatic rings. The topological polar surface area (TPSA) is 75.5 Å². The van der Waals surface area contributed by atoms with Crippen molar-refractivity contribution in [2.45, 2.75) is 6.61 Å². The van der Waals surface area contributed by atoms with Gasteiger partial charge >= 0.3 is 0 Å². The maximum absolute atomic E-state index is 9.11. The maximum Gasteiger partial charge on any atom is 0.0682 e. The number of anilines is 1. The average molecular weight is 247 g/mol. The molecule has 1 heterocycles. The summed E-state index contributed by atoms with van der Waals surface area (Å²) in [6.45, 7) is 3.79. The van der Waals surface area contributed by atoms with Crippen molar-refractivity contribution in [2.24, 2.45) is 5.11 Å². The zero-order valence-corrected chi connectivity index (χ0v) is 10.5. The van der Waals surface area contributed by atoms with E-state index in [2.05, 4.69) is 26.9 Å². The van der Waals surface area contributed by atoms with Crippen LogP contribution >= 0.6 is 0 Å². The fourth-order valence-corrected chi connectivity index (χ4v) is 2.11. The molecule has 6 heteroatoms. The van der Waals surface area contributed by atoms with Gasteiger partial charge in [-0.05, 0) is 30.3 Å². The van der Waals surface area contributed by atoms with Crippen molar-refractivity contribution in [3.63, 3.8) is 0 Å². The molecule has 18 heavy (non-hydrogen) atoms. The number of hydrogen-bond donors (Lipinski definition) is 1. The van der Waals surface area contributed by atoms with Crippen LogP contribution in [0.2, 0.25) is 0 Å². The van der Waals surface area contributed by atoms with Crippen molar-refractivity contribution < 1.29 is 5.11 Å². The van der Waals surface area contributed by atoms with Crippen LogP contribution in [0.3, 0.4) is 0 Å². The maximum atomic E-state index is 9.11. The number of aliphatic hydroxyl groups is 1. The molecule has 1 aromatic carbocycles. The summed E-state index contributed by atoms with van der Waals surface area (Å²) in [5, 5.41) is 12.8. The number of nitrogens with zero attached hydrogens (tertiary/aromatic N) is 5. The van der Waals surface area contributed by atoms with Gasteiger partial charge in [0.2, 0.25) is 0 Å². The third kappa shape index (κ3) is 2.73. The summed E-state index contributed by atoms with van der Waals surface area (Å²) in [4.78, 5) is 7.34. The molecule has 0 aromatic heterocycles. The third-order valence-electron chi connectivity index (χ3n) is 3.22. The van der Waals surface area contributed by atoms with Crippen LogP contribution in [0.15, 0.2) is 23.3 Å². The Kier molecular flexibility index (Phi) is 4.04. The molecule has 1 aliphatic heterocycles. The Hall–Kier alpha value is -1.75. The summed E-state index contributed by atoms with van der Waals surface area (Å²) in [7, 11) is 2.10. The van der Waals surface area contributed by atoms with Crippen molar-refractivity contribution >= 4 is 11.4 Å². The predicted octanol–water partition coefficient (Wildman–Crippen LogP) is 1.87. The van der Waals surface area contributed by atoms with Crippen molar-refractivity contribution in [3.8, 4) is 0 Å². The molecule has 0 amide bonds. The van der Waals surface area contributed by atoms with Gasteiger partial charge in [-0.2, -0.15) is 0 Å². The Balaban J connectivity index is 2.28. The first-order chi connectivity index (χ1) is 8.74. The number of aliphatic hydroxyl groups excluding tert-OH is 1. The first-order valence-corrected chi connectivity index (χ1v) is 5.97. The van der Waals surface area contributed by atoms with E-state index in [1.807, 2.05) is 12.1 Å². The van der Waals surface area contributed by atoms with Crippen LogP contribution in [-0.4, -0.2) is 43.2 Å². The molecule has 1 N–H and O–H groups in total. The summed E-state index contributed by atoms with van der Waals surface area (Å²) in [5.41, 5.74) is 10.9. The summed E-state index contributed by atoms with van der Waals surface area (Å²) in [6, 6.07) is 5.53. The minimum absolute atomic E-state index is 0.0447. The Labute approximate surface area is 106 Å². The number of likely N-dealkylation sites (N-methyl/N-ethyl adjacent to an activating group) is 1. The number of piperazine rings is 1. The molecule has 0 unspecified atom stereocenters. The van der Waals surface area contributed by atoms with Gasteiger partial charge in [-0.1, -0.05) is 11.2 Å². The second-order valence-electron chi connectivity index (χ2n) is 4.46. The molecule has 0 spiro atoms. The van der Waals surface area contributed by atoms with Crippen LogP contribution in [0.1, 0.15) is 5.56 Å². The Bertz CT molecular complexity index is 462. The second-order valence-corrected chi connectivity index (χ2v) is 4.46. The van der Waals surface area contributed by atoms with Gasteiger partial charge in [0.05, 0.1) is 12.3 Å². The van der Waals surface area contributed by atoms with Gasteiger partial charge < -0.3 is 14.9 Å². The van der Waals surface area contributed by atoms with E-state index in [1.54, 1.807) is 6.07 Å². The van der Waals surface area contributed by atoms with Gasteiger partial charge in [0.1, 0.15) is 0 Å². The van der Waals surface area contributed by atoms with Crippen molar-refractivity contribution in [1.82, 2.24) is 4.90 Å². The summed E-state index contributed by atoms with van der Waals surface area (Å²) in [5.74, 6) is 0. The molecule has 0 atom stereocenters. The summed E-state index contributed by atoms with van der Waals surface area (Å²) >= 11 is 0. The lowest BCUT2D eigenvalue weighted by Crippen LogP contribution is -2.44. The quantitative estimate of drug-likeness (QED) is 0.503. The van der Waals surface area contributed by atoms with Gasteiger partial charge in [0.15, 0.2) is 0 Å². The first kappa shape index (κ1) is 12.7. The summed E-state index contributed by atoms with van der Waals surface area (Å²) < 4.78 is 0. The normalized spacial score (nSPS) is 16.4. The van der Waals surface area contributed by atoms with Gasteiger partial charge in [0.25, 0.3) is 0 Å². The van der Waals surface area contributed by atoms with Crippen LogP contribution in [0.4, 0.5) is 11.4 Å². The average Bonchev–Trinajstić information content (AvgIpc) is 2.40. The number of azide groups is 1. The zero-order valence-electron chi connectivity index (χ0n) is 10.5. The van der Waals surface area contributed by atoms with Crippen molar-refractivity contribution in [2.75, 3.05) is 38.1 Å². The van der Waals surface area contributed by atoms with Crippen molar-refractivity contribution in [3.05, 3.63) is 34.2 Å². The fourth-order valence-electron chi connectivity index (χ4n) is 2.11. The number of benzene rings is 1. The highest BCUT2D eigenvalue weighted by Gasteiger charge is 2.16. The molecule has 1 aliphatic rings. The van der Waals surface area contributed by atoms with Crippen LogP contribution in [0, 0.1) is 0 Å². The van der Waals surface area contributed by atoms with Crippen molar-refractivity contribution in [1.29, 1.82) is 0 Å². The van der Waals surface area contributed by atoms with Crippen LogP contribution < -0.4 is 4.90 Å². The number of rotatable bonds is 3. The Morgan fingerprint density at radius 2 is 2.06 bits per heavy atom. The zero-order chi connectivity index (χ0) is 13.0. The predicted molar refractivity (Wildman–Crippen MR) is 70.9 cm³/mol. The molecule has 1 fully saturated rings. The van der Waals surface area contributed by atoms with E-state index >= 15 is 0 Å². The number of hydrogen-bond acceptors (Lipinski definition) is 4. The monoisotopic (exact) mass is 247 g/mol. The molecule has 0 radical (unpaired) electrons. The lowest BCUT2D eigenvalue weighted by Gasteiger charge is -2.34. The Morgan fingerprint density at radius 3 is 2.67 bits per heavy atom. The largest absolute Gasteiger partial charge is 0.392 e. The minimum atomic E-state index is -0.0447. The van der Waals surface area contributed by atoms with Crippen LogP contribution in [0.5, 0.6) is 0 Å².